The maximum atomic E-state index is 11.0. The third-order valence-electron chi connectivity index (χ3n) is 2.92. The van der Waals surface area contributed by atoms with E-state index in [1.165, 1.54) is 0 Å². The first-order valence-electron chi connectivity index (χ1n) is 5.98. The van der Waals surface area contributed by atoms with E-state index in [9.17, 15) is 4.79 Å². The smallest absolute Gasteiger partial charge is 0.358 e. The highest BCUT2D eigenvalue weighted by Crippen LogP contribution is 2.25. The van der Waals surface area contributed by atoms with Gasteiger partial charge in [0.25, 0.3) is 0 Å². The van der Waals surface area contributed by atoms with Crippen LogP contribution in [0.1, 0.15) is 56.2 Å². The Bertz CT molecular complexity index is 476. The van der Waals surface area contributed by atoms with Gasteiger partial charge in [-0.05, 0) is 23.0 Å². The molecule has 98 valence electrons. The van der Waals surface area contributed by atoms with Crippen molar-refractivity contribution in [1.82, 2.24) is 0 Å². The second-order valence-corrected chi connectivity index (χ2v) is 4.91. The summed E-state index contributed by atoms with van der Waals surface area (Å²) in [6, 6.07) is 5.58. The monoisotopic (exact) mass is 249 g/mol. The molecule has 0 unspecified atom stereocenters. The summed E-state index contributed by atoms with van der Waals surface area (Å²) in [7, 11) is 0. The normalized spacial score (nSPS) is 12.2. The number of hydrogen-bond donors (Lipinski definition) is 2. The Balaban J connectivity index is 3.41. The molecule has 0 fully saturated rings. The molecule has 4 nitrogen and oxygen atoms in total. The third-order valence-corrected chi connectivity index (χ3v) is 2.92. The molecule has 0 amide bonds. The second kappa shape index (κ2) is 5.67. The van der Waals surface area contributed by atoms with Crippen LogP contribution in [0.5, 0.6) is 0 Å². The van der Waals surface area contributed by atoms with E-state index in [1.54, 1.807) is 6.07 Å². The van der Waals surface area contributed by atoms with Gasteiger partial charge < -0.3 is 10.3 Å². The maximum Gasteiger partial charge on any atom is 0.358 e. The predicted octanol–water partition coefficient (Wildman–Crippen LogP) is 3.20. The lowest BCUT2D eigenvalue weighted by Crippen LogP contribution is -2.17. The fourth-order valence-electron chi connectivity index (χ4n) is 1.85. The number of nitrogens with zero attached hydrogens (tertiary/aromatic N) is 1. The van der Waals surface area contributed by atoms with E-state index < -0.39 is 5.97 Å². The van der Waals surface area contributed by atoms with E-state index in [4.69, 9.17) is 10.3 Å². The van der Waals surface area contributed by atoms with Gasteiger partial charge >= 0.3 is 5.97 Å². The highest BCUT2D eigenvalue weighted by atomic mass is 16.4. The Morgan fingerprint density at radius 1 is 1.17 bits per heavy atom. The van der Waals surface area contributed by atoms with E-state index in [0.29, 0.717) is 11.5 Å². The average molecular weight is 249 g/mol. The quantitative estimate of drug-likeness (QED) is 0.489. The van der Waals surface area contributed by atoms with Gasteiger partial charge in [0.15, 0.2) is 5.71 Å². The largest absolute Gasteiger partial charge is 0.476 e. The lowest BCUT2D eigenvalue weighted by Gasteiger charge is -2.15. The van der Waals surface area contributed by atoms with E-state index in [-0.39, 0.29) is 11.6 Å². The van der Waals surface area contributed by atoms with E-state index in [2.05, 4.69) is 19.0 Å². The summed E-state index contributed by atoms with van der Waals surface area (Å²) in [6.45, 7) is 8.13. The van der Waals surface area contributed by atoms with Crippen molar-refractivity contribution in [3.8, 4) is 0 Å². The molecule has 1 aromatic carbocycles. The first-order valence-corrected chi connectivity index (χ1v) is 5.98. The lowest BCUT2D eigenvalue weighted by atomic mass is 9.90. The summed E-state index contributed by atoms with van der Waals surface area (Å²) in [6.07, 6.45) is 0. The molecule has 1 rings (SSSR count). The lowest BCUT2D eigenvalue weighted by molar-refractivity contribution is -0.129. The number of rotatable bonds is 4. The summed E-state index contributed by atoms with van der Waals surface area (Å²) in [5.41, 5.74) is 2.19. The zero-order valence-electron chi connectivity index (χ0n) is 11.1. The molecule has 2 N–H and O–H groups in total. The number of aliphatic carboxylic acids is 1. The van der Waals surface area contributed by atoms with Crippen LogP contribution < -0.4 is 0 Å². The molecule has 0 spiro atoms. The fourth-order valence-corrected chi connectivity index (χ4v) is 1.85. The van der Waals surface area contributed by atoms with Crippen LogP contribution in [0.25, 0.3) is 0 Å². The number of carboxylic acids is 1. The Morgan fingerprint density at radius 2 is 1.78 bits per heavy atom. The van der Waals surface area contributed by atoms with Crippen molar-refractivity contribution < 1.29 is 15.1 Å². The first-order chi connectivity index (χ1) is 8.38. The van der Waals surface area contributed by atoms with Crippen LogP contribution in [0.15, 0.2) is 23.4 Å². The Labute approximate surface area is 107 Å². The zero-order valence-corrected chi connectivity index (χ0v) is 11.1. The van der Waals surface area contributed by atoms with Crippen molar-refractivity contribution in [1.29, 1.82) is 0 Å². The standard InChI is InChI=1S/C14H19NO3/c1-8(2)10-5-6-11(12(7-10)9(3)4)13(15-18)14(16)17/h5-9,18H,1-4H3,(H,16,17). The zero-order chi connectivity index (χ0) is 13.9. The highest BCUT2D eigenvalue weighted by molar-refractivity contribution is 6.42. The number of benzene rings is 1. The van der Waals surface area contributed by atoms with Crippen molar-refractivity contribution >= 4 is 11.7 Å². The van der Waals surface area contributed by atoms with Gasteiger partial charge in [0.2, 0.25) is 0 Å². The Kier molecular flexibility index (Phi) is 4.48. The van der Waals surface area contributed by atoms with Crippen LogP contribution in [0.2, 0.25) is 0 Å². The number of carbonyl (C=O) groups is 1. The Hall–Kier alpha value is -1.84. The van der Waals surface area contributed by atoms with E-state index in [0.717, 1.165) is 11.1 Å². The minimum atomic E-state index is -1.23. The van der Waals surface area contributed by atoms with Gasteiger partial charge in [-0.1, -0.05) is 51.0 Å². The fraction of sp³-hybridized carbons (Fsp3) is 0.429. The Morgan fingerprint density at radius 3 is 2.17 bits per heavy atom. The van der Waals surface area contributed by atoms with Crippen molar-refractivity contribution in [3.63, 3.8) is 0 Å². The van der Waals surface area contributed by atoms with E-state index in [1.807, 2.05) is 26.0 Å². The number of hydrogen-bond acceptors (Lipinski definition) is 3. The topological polar surface area (TPSA) is 69.9 Å². The average Bonchev–Trinajstić information content (AvgIpc) is 2.29. The van der Waals surface area contributed by atoms with Gasteiger partial charge in [-0.2, -0.15) is 0 Å². The van der Waals surface area contributed by atoms with Crippen LogP contribution in [0.4, 0.5) is 0 Å². The molecule has 0 saturated carbocycles. The predicted molar refractivity (Wildman–Crippen MR) is 70.6 cm³/mol. The van der Waals surface area contributed by atoms with Gasteiger partial charge in [-0.15, -0.1) is 0 Å². The summed E-state index contributed by atoms with van der Waals surface area (Å²) < 4.78 is 0. The van der Waals surface area contributed by atoms with Gasteiger partial charge in [0.1, 0.15) is 0 Å². The van der Waals surface area contributed by atoms with Gasteiger partial charge in [0, 0.05) is 5.56 Å². The summed E-state index contributed by atoms with van der Waals surface area (Å²) in [5, 5.41) is 20.8. The van der Waals surface area contributed by atoms with Crippen LogP contribution in [-0.4, -0.2) is 22.0 Å². The van der Waals surface area contributed by atoms with Gasteiger partial charge in [-0.3, -0.25) is 0 Å². The molecular weight excluding hydrogens is 230 g/mol. The molecule has 4 heteroatoms. The molecule has 0 bridgehead atoms. The van der Waals surface area contributed by atoms with Crippen LogP contribution in [0, 0.1) is 0 Å². The maximum absolute atomic E-state index is 11.0. The third kappa shape index (κ3) is 2.88. The molecule has 0 saturated heterocycles. The van der Waals surface area contributed by atoms with Crippen molar-refractivity contribution in [2.24, 2.45) is 5.16 Å². The minimum absolute atomic E-state index is 0.162. The molecule has 0 aliphatic heterocycles. The molecule has 0 radical (unpaired) electrons. The van der Waals surface area contributed by atoms with Crippen LogP contribution >= 0.6 is 0 Å². The van der Waals surface area contributed by atoms with Crippen LogP contribution in [0.3, 0.4) is 0 Å². The molecule has 0 heterocycles. The van der Waals surface area contributed by atoms with Crippen molar-refractivity contribution in [3.05, 3.63) is 34.9 Å². The summed E-state index contributed by atoms with van der Waals surface area (Å²) in [5.74, 6) is -0.692. The second-order valence-electron chi connectivity index (χ2n) is 4.91. The molecule has 0 aliphatic carbocycles. The molecule has 18 heavy (non-hydrogen) atoms. The van der Waals surface area contributed by atoms with Gasteiger partial charge in [-0.25, -0.2) is 4.79 Å². The van der Waals surface area contributed by atoms with Gasteiger partial charge in [0.05, 0.1) is 0 Å². The molecular formula is C14H19NO3. The van der Waals surface area contributed by atoms with Crippen molar-refractivity contribution in [2.45, 2.75) is 39.5 Å². The minimum Gasteiger partial charge on any atom is -0.476 e. The van der Waals surface area contributed by atoms with Crippen molar-refractivity contribution in [2.75, 3.05) is 0 Å². The summed E-state index contributed by atoms with van der Waals surface area (Å²) in [4.78, 5) is 11.0. The molecule has 0 atom stereocenters. The number of oxime groups is 1. The molecule has 1 aromatic rings. The SMILES string of the molecule is CC(C)c1ccc(C(=NO)C(=O)O)c(C(C)C)c1. The summed E-state index contributed by atoms with van der Waals surface area (Å²) >= 11 is 0. The van der Waals surface area contributed by atoms with Crippen LogP contribution in [-0.2, 0) is 4.79 Å². The highest BCUT2D eigenvalue weighted by Gasteiger charge is 2.19. The number of carboxylic acid groups (broad SMARTS) is 1. The van der Waals surface area contributed by atoms with E-state index >= 15 is 0 Å². The first kappa shape index (κ1) is 14.2. The molecule has 0 aliphatic rings. The molecule has 0 aromatic heterocycles.